The van der Waals surface area contributed by atoms with E-state index in [-0.39, 0.29) is 12.1 Å². The van der Waals surface area contributed by atoms with Crippen LogP contribution in [-0.2, 0) is 16.0 Å². The summed E-state index contributed by atoms with van der Waals surface area (Å²) in [5.41, 5.74) is -0.438. The first kappa shape index (κ1) is 17.9. The molecule has 0 unspecified atom stereocenters. The Labute approximate surface area is 132 Å². The number of amides is 1. The summed E-state index contributed by atoms with van der Waals surface area (Å²) in [6.45, 7) is 5.09. The molecule has 0 saturated heterocycles. The molecule has 0 aliphatic heterocycles. The Balaban J connectivity index is 2.74. The Morgan fingerprint density at radius 1 is 1.45 bits per heavy atom. The van der Waals surface area contributed by atoms with Gasteiger partial charge in [0.1, 0.15) is 17.8 Å². The number of hydrogen-bond acceptors (Lipinski definition) is 6. The van der Waals surface area contributed by atoms with E-state index in [1.54, 1.807) is 20.8 Å². The van der Waals surface area contributed by atoms with Crippen molar-refractivity contribution in [2.45, 2.75) is 38.8 Å². The number of ether oxygens (including phenoxy) is 1. The van der Waals surface area contributed by atoms with Gasteiger partial charge in [-0.15, -0.1) is 12.6 Å². The summed E-state index contributed by atoms with van der Waals surface area (Å²) in [7, 11) is 0. The van der Waals surface area contributed by atoms with Gasteiger partial charge in [-0.25, -0.2) is 4.79 Å². The van der Waals surface area contributed by atoms with Gasteiger partial charge >= 0.3 is 6.09 Å². The zero-order chi connectivity index (χ0) is 16.9. The topological polar surface area (TPSA) is 111 Å². The average molecular weight is 327 g/mol. The number of carbonyl (C=O) groups excluding carboxylic acids is 2. The Hall–Kier alpha value is -2.16. The van der Waals surface area contributed by atoms with Crippen LogP contribution in [0, 0.1) is 10.1 Å². The van der Waals surface area contributed by atoms with Crippen molar-refractivity contribution in [3.05, 3.63) is 34.1 Å². The SMILES string of the molecule is CC(C)(C)OC(=O)N[C@H](Cc1ccc([N+](=O)[O-])cn1)C(=O)S. The number of pyridine rings is 1. The summed E-state index contributed by atoms with van der Waals surface area (Å²) in [4.78, 5) is 37.0. The van der Waals surface area contributed by atoms with Crippen molar-refractivity contribution in [1.29, 1.82) is 0 Å². The standard InChI is InChI=1S/C13H17N3O5S/c1-13(2,3)21-12(18)15-10(11(17)22)6-8-4-5-9(7-14-8)16(19)20/h4-5,7,10H,6H2,1-3H3,(H,15,18)(H,17,22)/t10-/m1/s1. The molecule has 9 heteroatoms. The lowest BCUT2D eigenvalue weighted by molar-refractivity contribution is -0.385. The molecule has 0 bridgehead atoms. The minimum atomic E-state index is -0.938. The van der Waals surface area contributed by atoms with E-state index in [2.05, 4.69) is 22.9 Å². The number of thiol groups is 1. The summed E-state index contributed by atoms with van der Waals surface area (Å²) in [5, 5.41) is 12.4. The van der Waals surface area contributed by atoms with Crippen molar-refractivity contribution in [3.63, 3.8) is 0 Å². The largest absolute Gasteiger partial charge is 0.444 e. The highest BCUT2D eigenvalue weighted by Crippen LogP contribution is 2.12. The minimum Gasteiger partial charge on any atom is -0.444 e. The molecule has 120 valence electrons. The predicted molar refractivity (Wildman–Crippen MR) is 81.7 cm³/mol. The molecule has 0 saturated carbocycles. The molecule has 1 heterocycles. The zero-order valence-electron chi connectivity index (χ0n) is 12.4. The molecule has 0 radical (unpaired) electrons. The molecule has 22 heavy (non-hydrogen) atoms. The van der Waals surface area contributed by atoms with Crippen LogP contribution in [0.3, 0.4) is 0 Å². The fourth-order valence-electron chi connectivity index (χ4n) is 1.50. The smallest absolute Gasteiger partial charge is 0.408 e. The predicted octanol–water partition coefficient (Wildman–Crippen LogP) is 1.88. The quantitative estimate of drug-likeness (QED) is 0.485. The first-order chi connectivity index (χ1) is 10.1. The number of rotatable bonds is 5. The van der Waals surface area contributed by atoms with E-state index in [0.717, 1.165) is 6.20 Å². The van der Waals surface area contributed by atoms with Crippen molar-refractivity contribution < 1.29 is 19.2 Å². The number of nitrogens with zero attached hydrogens (tertiary/aromatic N) is 2. The van der Waals surface area contributed by atoms with Crippen molar-refractivity contribution >= 4 is 29.5 Å². The third-order valence-electron chi connectivity index (χ3n) is 2.42. The summed E-state index contributed by atoms with van der Waals surface area (Å²) >= 11 is 3.72. The molecule has 8 nitrogen and oxygen atoms in total. The highest BCUT2D eigenvalue weighted by atomic mass is 32.1. The zero-order valence-corrected chi connectivity index (χ0v) is 13.3. The van der Waals surface area contributed by atoms with Gasteiger partial charge in [-0.2, -0.15) is 0 Å². The number of hydrogen-bond donors (Lipinski definition) is 2. The number of aromatic nitrogens is 1. The fourth-order valence-corrected chi connectivity index (χ4v) is 1.66. The number of alkyl carbamates (subject to hydrolysis) is 1. The maximum absolute atomic E-state index is 11.7. The molecule has 0 aliphatic rings. The van der Waals surface area contributed by atoms with Crippen LogP contribution in [0.25, 0.3) is 0 Å². The second-order valence-electron chi connectivity index (χ2n) is 5.51. The third-order valence-corrected chi connectivity index (χ3v) is 2.73. The minimum absolute atomic E-state index is 0.0551. The Morgan fingerprint density at radius 3 is 2.50 bits per heavy atom. The van der Waals surface area contributed by atoms with Crippen LogP contribution in [0.15, 0.2) is 18.3 Å². The summed E-state index contributed by atoms with van der Waals surface area (Å²) in [6, 6.07) is 1.75. The summed E-state index contributed by atoms with van der Waals surface area (Å²) in [5.74, 6) is 0. The van der Waals surface area contributed by atoms with Gasteiger partial charge in [0.05, 0.1) is 4.92 Å². The van der Waals surface area contributed by atoms with Gasteiger partial charge < -0.3 is 10.1 Å². The van der Waals surface area contributed by atoms with Gasteiger partial charge in [-0.3, -0.25) is 19.9 Å². The molecular formula is C13H17N3O5S. The van der Waals surface area contributed by atoms with Crippen LogP contribution in [0.5, 0.6) is 0 Å². The average Bonchev–Trinajstić information content (AvgIpc) is 2.36. The molecule has 1 amide bonds. The van der Waals surface area contributed by atoms with Gasteiger partial charge in [0, 0.05) is 18.2 Å². The lowest BCUT2D eigenvalue weighted by atomic mass is 10.1. The van der Waals surface area contributed by atoms with Crippen LogP contribution in [0.2, 0.25) is 0 Å². The molecule has 1 N–H and O–H groups in total. The first-order valence-electron chi connectivity index (χ1n) is 6.40. The maximum atomic E-state index is 11.7. The normalized spacial score (nSPS) is 12.4. The van der Waals surface area contributed by atoms with E-state index >= 15 is 0 Å². The highest BCUT2D eigenvalue weighted by Gasteiger charge is 2.23. The van der Waals surface area contributed by atoms with E-state index in [9.17, 15) is 19.7 Å². The molecule has 0 aliphatic carbocycles. The molecule has 1 aromatic rings. The van der Waals surface area contributed by atoms with E-state index in [1.807, 2.05) is 0 Å². The van der Waals surface area contributed by atoms with Crippen molar-refractivity contribution in [3.8, 4) is 0 Å². The van der Waals surface area contributed by atoms with Crippen molar-refractivity contribution in [2.24, 2.45) is 0 Å². The van der Waals surface area contributed by atoms with Gasteiger partial charge in [-0.05, 0) is 26.8 Å². The second kappa shape index (κ2) is 7.21. The van der Waals surface area contributed by atoms with Gasteiger partial charge in [0.15, 0.2) is 0 Å². The van der Waals surface area contributed by atoms with Gasteiger partial charge in [0.25, 0.3) is 5.69 Å². The lowest BCUT2D eigenvalue weighted by Crippen LogP contribution is -2.43. The molecule has 1 atom stereocenters. The Kier molecular flexibility index (Phi) is 5.86. The van der Waals surface area contributed by atoms with Crippen LogP contribution in [-0.4, -0.2) is 32.8 Å². The molecule has 0 spiro atoms. The van der Waals surface area contributed by atoms with E-state index in [4.69, 9.17) is 4.74 Å². The monoisotopic (exact) mass is 327 g/mol. The van der Waals surface area contributed by atoms with Gasteiger partial charge in [0.2, 0.25) is 5.12 Å². The first-order valence-corrected chi connectivity index (χ1v) is 6.85. The summed E-state index contributed by atoms with van der Waals surface area (Å²) in [6.07, 6.45) is 0.393. The van der Waals surface area contributed by atoms with E-state index in [1.165, 1.54) is 12.1 Å². The van der Waals surface area contributed by atoms with Gasteiger partial charge in [-0.1, -0.05) is 0 Å². The molecule has 1 aromatic heterocycles. The molecule has 1 rings (SSSR count). The number of nitro groups is 1. The second-order valence-corrected chi connectivity index (χ2v) is 5.95. The lowest BCUT2D eigenvalue weighted by Gasteiger charge is -2.22. The third kappa shape index (κ3) is 6.08. The number of nitrogens with one attached hydrogen (secondary N) is 1. The van der Waals surface area contributed by atoms with Crippen LogP contribution in [0.4, 0.5) is 10.5 Å². The van der Waals surface area contributed by atoms with Crippen LogP contribution < -0.4 is 5.32 Å². The fraction of sp³-hybridized carbons (Fsp3) is 0.462. The highest BCUT2D eigenvalue weighted by molar-refractivity contribution is 7.96. The van der Waals surface area contributed by atoms with E-state index < -0.39 is 27.8 Å². The molecule has 0 aromatic carbocycles. The van der Waals surface area contributed by atoms with Crippen LogP contribution in [0.1, 0.15) is 26.5 Å². The van der Waals surface area contributed by atoms with Crippen LogP contribution >= 0.6 is 12.6 Å². The Bertz CT molecular complexity index is 568. The molecular weight excluding hydrogens is 310 g/mol. The van der Waals surface area contributed by atoms with Crippen molar-refractivity contribution in [1.82, 2.24) is 10.3 Å². The maximum Gasteiger partial charge on any atom is 0.408 e. The Morgan fingerprint density at radius 2 is 2.09 bits per heavy atom. The van der Waals surface area contributed by atoms with Crippen molar-refractivity contribution in [2.75, 3.05) is 0 Å². The number of carbonyl (C=O) groups is 2. The summed E-state index contributed by atoms with van der Waals surface area (Å²) < 4.78 is 5.06. The molecule has 0 fully saturated rings. The van der Waals surface area contributed by atoms with E-state index in [0.29, 0.717) is 5.69 Å².